The van der Waals surface area contributed by atoms with Crippen LogP contribution in [-0.4, -0.2) is 33.0 Å². The SMILES string of the molecule is CC(C)(C)/C=C/C(NC(=O)c1cnc(Oc2ccccc2)cn1)C(=O)O. The van der Waals surface area contributed by atoms with Gasteiger partial charge in [0, 0.05) is 0 Å². The van der Waals surface area contributed by atoms with Crippen molar-refractivity contribution in [1.82, 2.24) is 15.3 Å². The van der Waals surface area contributed by atoms with Crippen molar-refractivity contribution in [3.05, 3.63) is 60.6 Å². The minimum atomic E-state index is -1.16. The number of hydrogen-bond acceptors (Lipinski definition) is 5. The number of benzene rings is 1. The van der Waals surface area contributed by atoms with Crippen LogP contribution in [0.25, 0.3) is 0 Å². The zero-order chi connectivity index (χ0) is 19.2. The van der Waals surface area contributed by atoms with E-state index >= 15 is 0 Å². The molecule has 0 saturated heterocycles. The van der Waals surface area contributed by atoms with E-state index in [1.807, 2.05) is 39.0 Å². The molecular formula is C19H21N3O4. The molecule has 1 aromatic heterocycles. The fourth-order valence-corrected chi connectivity index (χ4v) is 1.89. The lowest BCUT2D eigenvalue weighted by molar-refractivity contribution is -0.137. The number of nitrogens with one attached hydrogen (secondary N) is 1. The molecule has 0 aliphatic rings. The van der Waals surface area contributed by atoms with Gasteiger partial charge in [-0.2, -0.15) is 0 Å². The first-order chi connectivity index (χ1) is 12.2. The van der Waals surface area contributed by atoms with Crippen LogP contribution in [0.1, 0.15) is 31.3 Å². The molecule has 0 fully saturated rings. The Balaban J connectivity index is 2.04. The van der Waals surface area contributed by atoms with Gasteiger partial charge < -0.3 is 15.2 Å². The van der Waals surface area contributed by atoms with E-state index in [1.54, 1.807) is 18.2 Å². The van der Waals surface area contributed by atoms with Crippen LogP contribution in [0, 0.1) is 5.41 Å². The van der Waals surface area contributed by atoms with Gasteiger partial charge in [0.25, 0.3) is 5.91 Å². The molecule has 1 aromatic carbocycles. The number of para-hydroxylation sites is 1. The summed E-state index contributed by atoms with van der Waals surface area (Å²) in [7, 11) is 0. The number of aromatic nitrogens is 2. The first kappa shape index (κ1) is 19.1. The summed E-state index contributed by atoms with van der Waals surface area (Å²) in [5.74, 6) is -0.960. The number of hydrogen-bond donors (Lipinski definition) is 2. The smallest absolute Gasteiger partial charge is 0.330 e. The summed E-state index contributed by atoms with van der Waals surface area (Å²) in [4.78, 5) is 31.5. The number of allylic oxidation sites excluding steroid dienone is 1. The number of nitrogens with zero attached hydrogens (tertiary/aromatic N) is 2. The van der Waals surface area contributed by atoms with Crippen LogP contribution in [0.2, 0.25) is 0 Å². The van der Waals surface area contributed by atoms with Gasteiger partial charge in [-0.15, -0.1) is 0 Å². The van der Waals surface area contributed by atoms with Crippen molar-refractivity contribution in [3.8, 4) is 11.6 Å². The fourth-order valence-electron chi connectivity index (χ4n) is 1.89. The first-order valence-electron chi connectivity index (χ1n) is 8.02. The average molecular weight is 355 g/mol. The summed E-state index contributed by atoms with van der Waals surface area (Å²) in [5.41, 5.74) is -0.199. The van der Waals surface area contributed by atoms with E-state index in [0.717, 1.165) is 0 Å². The lowest BCUT2D eigenvalue weighted by atomic mass is 9.95. The van der Waals surface area contributed by atoms with Gasteiger partial charge in [0.1, 0.15) is 17.5 Å². The normalized spacial score (nSPS) is 12.6. The van der Waals surface area contributed by atoms with Crippen LogP contribution in [0.3, 0.4) is 0 Å². The predicted octanol–water partition coefficient (Wildman–Crippen LogP) is 3.05. The predicted molar refractivity (Wildman–Crippen MR) is 96.0 cm³/mol. The van der Waals surface area contributed by atoms with Gasteiger partial charge >= 0.3 is 5.97 Å². The Kier molecular flexibility index (Phi) is 6.06. The molecule has 2 aromatic rings. The molecule has 2 rings (SSSR count). The van der Waals surface area contributed by atoms with Crippen LogP contribution in [0.5, 0.6) is 11.6 Å². The van der Waals surface area contributed by atoms with Crippen molar-refractivity contribution in [2.75, 3.05) is 0 Å². The third-order valence-electron chi connectivity index (χ3n) is 3.17. The molecule has 0 spiro atoms. The second-order valence-electron chi connectivity index (χ2n) is 6.67. The van der Waals surface area contributed by atoms with Gasteiger partial charge in [-0.3, -0.25) is 4.79 Å². The minimum Gasteiger partial charge on any atom is -0.479 e. The zero-order valence-corrected chi connectivity index (χ0v) is 14.8. The van der Waals surface area contributed by atoms with E-state index in [-0.39, 0.29) is 17.0 Å². The molecule has 26 heavy (non-hydrogen) atoms. The summed E-state index contributed by atoms with van der Waals surface area (Å²) in [6.45, 7) is 5.80. The number of carbonyl (C=O) groups excluding carboxylic acids is 1. The number of rotatable bonds is 6. The van der Waals surface area contributed by atoms with Gasteiger partial charge in [-0.25, -0.2) is 14.8 Å². The highest BCUT2D eigenvalue weighted by atomic mass is 16.5. The maximum atomic E-state index is 12.2. The monoisotopic (exact) mass is 355 g/mol. The molecule has 0 aliphatic heterocycles. The molecule has 0 saturated carbocycles. The van der Waals surface area contributed by atoms with Crippen LogP contribution in [-0.2, 0) is 4.79 Å². The van der Waals surface area contributed by atoms with E-state index in [1.165, 1.54) is 18.5 Å². The van der Waals surface area contributed by atoms with Gasteiger partial charge in [0.05, 0.1) is 12.4 Å². The van der Waals surface area contributed by atoms with Crippen molar-refractivity contribution in [1.29, 1.82) is 0 Å². The third kappa shape index (κ3) is 6.01. The molecule has 1 unspecified atom stereocenters. The van der Waals surface area contributed by atoms with Crippen LogP contribution < -0.4 is 10.1 Å². The van der Waals surface area contributed by atoms with Gasteiger partial charge in [0.15, 0.2) is 0 Å². The average Bonchev–Trinajstić information content (AvgIpc) is 2.59. The number of ether oxygens (including phenoxy) is 1. The Morgan fingerprint density at radius 2 is 1.85 bits per heavy atom. The van der Waals surface area contributed by atoms with Crippen molar-refractivity contribution < 1.29 is 19.4 Å². The third-order valence-corrected chi connectivity index (χ3v) is 3.17. The Morgan fingerprint density at radius 1 is 1.15 bits per heavy atom. The molecule has 2 N–H and O–H groups in total. The van der Waals surface area contributed by atoms with E-state index in [2.05, 4.69) is 15.3 Å². The van der Waals surface area contributed by atoms with Crippen molar-refractivity contribution in [2.24, 2.45) is 5.41 Å². The largest absolute Gasteiger partial charge is 0.479 e. The summed E-state index contributed by atoms with van der Waals surface area (Å²) in [6.07, 6.45) is 5.72. The molecule has 0 radical (unpaired) electrons. The fraction of sp³-hybridized carbons (Fsp3) is 0.263. The van der Waals surface area contributed by atoms with E-state index in [4.69, 9.17) is 4.74 Å². The van der Waals surface area contributed by atoms with E-state index in [0.29, 0.717) is 5.75 Å². The second kappa shape index (κ2) is 8.24. The highest BCUT2D eigenvalue weighted by Gasteiger charge is 2.20. The van der Waals surface area contributed by atoms with Crippen LogP contribution >= 0.6 is 0 Å². The summed E-state index contributed by atoms with van der Waals surface area (Å²) in [6, 6.07) is 7.88. The lowest BCUT2D eigenvalue weighted by Crippen LogP contribution is -2.39. The van der Waals surface area contributed by atoms with Crippen LogP contribution in [0.15, 0.2) is 54.9 Å². The van der Waals surface area contributed by atoms with Crippen LogP contribution in [0.4, 0.5) is 0 Å². The highest BCUT2D eigenvalue weighted by Crippen LogP contribution is 2.17. The Labute approximate surface area is 151 Å². The number of amides is 1. The summed E-state index contributed by atoms with van der Waals surface area (Å²) < 4.78 is 5.50. The molecular weight excluding hydrogens is 334 g/mol. The zero-order valence-electron chi connectivity index (χ0n) is 14.8. The summed E-state index contributed by atoms with van der Waals surface area (Å²) >= 11 is 0. The van der Waals surface area contributed by atoms with Crippen molar-refractivity contribution >= 4 is 11.9 Å². The molecule has 0 aliphatic carbocycles. The number of carbonyl (C=O) groups is 2. The Bertz CT molecular complexity index is 781. The molecule has 7 nitrogen and oxygen atoms in total. The van der Waals surface area contributed by atoms with Crippen molar-refractivity contribution in [3.63, 3.8) is 0 Å². The van der Waals surface area contributed by atoms with E-state index in [9.17, 15) is 14.7 Å². The Morgan fingerprint density at radius 3 is 2.38 bits per heavy atom. The quantitative estimate of drug-likeness (QED) is 0.772. The molecule has 136 valence electrons. The molecule has 1 amide bonds. The maximum absolute atomic E-state index is 12.2. The lowest BCUT2D eigenvalue weighted by Gasteiger charge is -2.15. The van der Waals surface area contributed by atoms with Crippen molar-refractivity contribution in [2.45, 2.75) is 26.8 Å². The first-order valence-corrected chi connectivity index (χ1v) is 8.02. The number of carboxylic acid groups (broad SMARTS) is 1. The highest BCUT2D eigenvalue weighted by molar-refractivity contribution is 5.95. The van der Waals surface area contributed by atoms with Gasteiger partial charge in [0.2, 0.25) is 5.88 Å². The number of aliphatic carboxylic acids is 1. The molecule has 1 atom stereocenters. The second-order valence-corrected chi connectivity index (χ2v) is 6.67. The standard InChI is InChI=1S/C19H21N3O4/c1-19(2,3)10-9-14(18(24)25)22-17(23)15-11-21-16(12-20-15)26-13-7-5-4-6-8-13/h4-12,14H,1-3H3,(H,22,23)(H,24,25)/b10-9+. The van der Waals surface area contributed by atoms with E-state index < -0.39 is 17.9 Å². The van der Waals surface area contributed by atoms with Gasteiger partial charge in [-0.1, -0.05) is 51.1 Å². The molecule has 7 heteroatoms. The molecule has 0 bridgehead atoms. The summed E-state index contributed by atoms with van der Waals surface area (Å²) in [5, 5.41) is 11.7. The molecule has 1 heterocycles. The maximum Gasteiger partial charge on any atom is 0.330 e. The van der Waals surface area contributed by atoms with Gasteiger partial charge in [-0.05, 0) is 17.5 Å². The Hall–Kier alpha value is -3.22. The minimum absolute atomic E-state index is 0.000760. The number of carboxylic acids is 1. The topological polar surface area (TPSA) is 101 Å².